The third-order valence-corrected chi connectivity index (χ3v) is 4.00. The summed E-state index contributed by atoms with van der Waals surface area (Å²) in [4.78, 5) is 11.2. The summed E-state index contributed by atoms with van der Waals surface area (Å²) in [7, 11) is 0. The summed E-state index contributed by atoms with van der Waals surface area (Å²) < 4.78 is 4.81. The van der Waals surface area contributed by atoms with Crippen molar-refractivity contribution in [1.82, 2.24) is 0 Å². The number of unbranched alkanes of at least 4 members (excludes halogenated alkanes) is 11. The van der Waals surface area contributed by atoms with E-state index in [1.165, 1.54) is 70.6 Å². The van der Waals surface area contributed by atoms with Gasteiger partial charge in [-0.05, 0) is 32.1 Å². The highest BCUT2D eigenvalue weighted by Crippen LogP contribution is 2.10. The Morgan fingerprint density at radius 3 is 1.31 bits per heavy atom. The first-order valence-corrected chi connectivity index (χ1v) is 12.7. The first kappa shape index (κ1) is 49.7. The monoisotopic (exact) mass is 494 g/mol. The SMILES string of the molecule is C=C.C=C.C=C.C=C.C=C.C=C.CCCCCCCC/C=C\CCCCCCCC(=O)OCCO. The lowest BCUT2D eigenvalue weighted by Gasteiger charge is -2.02. The molecule has 0 aromatic heterocycles. The van der Waals surface area contributed by atoms with Crippen molar-refractivity contribution in [2.75, 3.05) is 13.2 Å². The van der Waals surface area contributed by atoms with Gasteiger partial charge >= 0.3 is 5.97 Å². The molecule has 208 valence electrons. The van der Waals surface area contributed by atoms with Crippen LogP contribution in [0.15, 0.2) is 91.1 Å². The number of aliphatic hydroxyl groups is 1. The minimum atomic E-state index is -0.184. The van der Waals surface area contributed by atoms with E-state index in [0.29, 0.717) is 6.42 Å². The van der Waals surface area contributed by atoms with Gasteiger partial charge in [0.15, 0.2) is 0 Å². The largest absolute Gasteiger partial charge is 0.463 e. The van der Waals surface area contributed by atoms with Crippen molar-refractivity contribution in [2.45, 2.75) is 96.8 Å². The summed E-state index contributed by atoms with van der Waals surface area (Å²) in [6, 6.07) is 0. The Hall–Kier alpha value is -2.39. The van der Waals surface area contributed by atoms with Crippen LogP contribution in [0.5, 0.6) is 0 Å². The Labute approximate surface area is 221 Å². The topological polar surface area (TPSA) is 46.5 Å². The first-order valence-electron chi connectivity index (χ1n) is 12.7. The molecular formula is C32H62O3. The minimum absolute atomic E-state index is 0.0852. The smallest absolute Gasteiger partial charge is 0.305 e. The Morgan fingerprint density at radius 2 is 0.943 bits per heavy atom. The van der Waals surface area contributed by atoms with E-state index in [4.69, 9.17) is 9.84 Å². The predicted molar refractivity (Wildman–Crippen MR) is 165 cm³/mol. The summed E-state index contributed by atoms with van der Waals surface area (Å²) in [6.07, 6.45) is 21.5. The molecule has 0 saturated heterocycles. The molecule has 0 radical (unpaired) electrons. The minimum Gasteiger partial charge on any atom is -0.463 e. The van der Waals surface area contributed by atoms with Crippen LogP contribution in [-0.2, 0) is 9.53 Å². The van der Waals surface area contributed by atoms with E-state index in [9.17, 15) is 4.79 Å². The van der Waals surface area contributed by atoms with Gasteiger partial charge in [-0.2, -0.15) is 0 Å². The second-order valence-electron chi connectivity index (χ2n) is 6.28. The van der Waals surface area contributed by atoms with Crippen LogP contribution in [0.4, 0.5) is 0 Å². The van der Waals surface area contributed by atoms with Crippen LogP contribution in [0.25, 0.3) is 0 Å². The van der Waals surface area contributed by atoms with E-state index in [1.54, 1.807) is 0 Å². The van der Waals surface area contributed by atoms with Crippen LogP contribution < -0.4 is 0 Å². The molecule has 1 N–H and O–H groups in total. The van der Waals surface area contributed by atoms with Crippen LogP contribution in [0.3, 0.4) is 0 Å². The van der Waals surface area contributed by atoms with Gasteiger partial charge in [0.1, 0.15) is 6.61 Å². The molecule has 0 aromatic carbocycles. The summed E-state index contributed by atoms with van der Waals surface area (Å²) >= 11 is 0. The molecule has 0 aromatic rings. The molecular weight excluding hydrogens is 432 g/mol. The zero-order chi connectivity index (χ0) is 29.0. The standard InChI is InChI=1S/C20H38O3.6C2H4/c1-2-3-4-5-6-7-8-9-10-11-12-13-14-15-16-17-20(22)23-19-18-21;6*1-2/h9-10,21H,2-8,11-19H2,1H3;6*1-2H2/b10-9-;;;;;;. The lowest BCUT2D eigenvalue weighted by Crippen LogP contribution is -2.07. The fourth-order valence-electron chi connectivity index (χ4n) is 2.57. The van der Waals surface area contributed by atoms with Gasteiger partial charge in [0.05, 0.1) is 6.61 Å². The van der Waals surface area contributed by atoms with E-state index in [-0.39, 0.29) is 19.2 Å². The number of carbonyl (C=O) groups is 1. The number of ether oxygens (including phenoxy) is 1. The molecule has 3 heteroatoms. The highest BCUT2D eigenvalue weighted by atomic mass is 16.5. The van der Waals surface area contributed by atoms with Crippen molar-refractivity contribution in [3.8, 4) is 0 Å². The van der Waals surface area contributed by atoms with E-state index in [1.807, 2.05) is 0 Å². The number of carbonyl (C=O) groups excluding carboxylic acids is 1. The second kappa shape index (κ2) is 77.0. The molecule has 0 amide bonds. The summed E-state index contributed by atoms with van der Waals surface area (Å²) in [5.41, 5.74) is 0. The molecule has 35 heavy (non-hydrogen) atoms. The van der Waals surface area contributed by atoms with Crippen LogP contribution in [0.1, 0.15) is 96.8 Å². The second-order valence-corrected chi connectivity index (χ2v) is 6.28. The maximum Gasteiger partial charge on any atom is 0.305 e. The quantitative estimate of drug-likeness (QED) is 0.124. The van der Waals surface area contributed by atoms with Crippen molar-refractivity contribution >= 4 is 5.97 Å². The van der Waals surface area contributed by atoms with Crippen LogP contribution >= 0.6 is 0 Å². The zero-order valence-electron chi connectivity index (χ0n) is 23.7. The van der Waals surface area contributed by atoms with Crippen molar-refractivity contribution < 1.29 is 14.6 Å². The van der Waals surface area contributed by atoms with Crippen molar-refractivity contribution in [3.63, 3.8) is 0 Å². The lowest BCUT2D eigenvalue weighted by molar-refractivity contribution is -0.144. The Balaban J connectivity index is -0.000000113. The van der Waals surface area contributed by atoms with Gasteiger partial charge in [0.25, 0.3) is 0 Å². The van der Waals surface area contributed by atoms with Gasteiger partial charge in [-0.3, -0.25) is 4.79 Å². The summed E-state index contributed by atoms with van der Waals surface area (Å²) in [5, 5.41) is 8.54. The highest BCUT2D eigenvalue weighted by Gasteiger charge is 2.01. The maximum absolute atomic E-state index is 11.2. The zero-order valence-corrected chi connectivity index (χ0v) is 23.7. The molecule has 0 aliphatic heterocycles. The van der Waals surface area contributed by atoms with E-state index in [0.717, 1.165) is 12.8 Å². The molecule has 0 bridgehead atoms. The first-order chi connectivity index (χ1) is 17.3. The normalized spacial score (nSPS) is 8.06. The highest BCUT2D eigenvalue weighted by molar-refractivity contribution is 5.69. The molecule has 0 aliphatic carbocycles. The fraction of sp³-hybridized carbons (Fsp3) is 0.531. The van der Waals surface area contributed by atoms with Gasteiger partial charge < -0.3 is 9.84 Å². The third-order valence-electron chi connectivity index (χ3n) is 4.00. The molecule has 0 saturated carbocycles. The van der Waals surface area contributed by atoms with Crippen molar-refractivity contribution in [2.24, 2.45) is 0 Å². The number of hydrogen-bond donors (Lipinski definition) is 1. The van der Waals surface area contributed by atoms with Crippen molar-refractivity contribution in [1.29, 1.82) is 0 Å². The van der Waals surface area contributed by atoms with Crippen molar-refractivity contribution in [3.05, 3.63) is 91.1 Å². The lowest BCUT2D eigenvalue weighted by atomic mass is 10.1. The molecule has 0 rings (SSSR count). The predicted octanol–water partition coefficient (Wildman–Crippen LogP) is 10.4. The Kier molecular flexibility index (Phi) is 109. The van der Waals surface area contributed by atoms with E-state index in [2.05, 4.69) is 98.0 Å². The van der Waals surface area contributed by atoms with Crippen LogP contribution in [-0.4, -0.2) is 24.3 Å². The van der Waals surface area contributed by atoms with Crippen LogP contribution in [0, 0.1) is 0 Å². The van der Waals surface area contributed by atoms with Gasteiger partial charge in [0.2, 0.25) is 0 Å². The number of esters is 1. The average Bonchev–Trinajstić information content (AvgIpc) is 2.96. The number of aliphatic hydroxyl groups excluding tert-OH is 1. The molecule has 3 nitrogen and oxygen atoms in total. The third kappa shape index (κ3) is 80.0. The van der Waals surface area contributed by atoms with Gasteiger partial charge in [0, 0.05) is 6.42 Å². The van der Waals surface area contributed by atoms with E-state index < -0.39 is 0 Å². The van der Waals surface area contributed by atoms with Gasteiger partial charge in [-0.1, -0.05) is 70.4 Å². The number of allylic oxidation sites excluding steroid dienone is 2. The molecule has 0 unspecified atom stereocenters. The van der Waals surface area contributed by atoms with E-state index >= 15 is 0 Å². The maximum atomic E-state index is 11.2. The molecule has 0 heterocycles. The summed E-state index contributed by atoms with van der Waals surface area (Å²) in [6.45, 7) is 38.3. The number of rotatable bonds is 17. The molecule has 0 atom stereocenters. The Bertz CT molecular complexity index is 337. The average molecular weight is 495 g/mol. The Morgan fingerprint density at radius 1 is 0.600 bits per heavy atom. The molecule has 0 fully saturated rings. The number of hydrogen-bond acceptors (Lipinski definition) is 3. The summed E-state index contributed by atoms with van der Waals surface area (Å²) in [5.74, 6) is -0.184. The van der Waals surface area contributed by atoms with Crippen LogP contribution in [0.2, 0.25) is 0 Å². The molecule has 0 spiro atoms. The van der Waals surface area contributed by atoms with Gasteiger partial charge in [-0.15, -0.1) is 78.9 Å². The molecule has 0 aliphatic rings. The van der Waals surface area contributed by atoms with Gasteiger partial charge in [-0.25, -0.2) is 0 Å². The fourth-order valence-corrected chi connectivity index (χ4v) is 2.57.